The molecule has 1 N–H and O–H groups in total. The van der Waals surface area contributed by atoms with Gasteiger partial charge in [0.2, 0.25) is 0 Å². The van der Waals surface area contributed by atoms with E-state index in [9.17, 15) is 10.1 Å². The standard InChI is InChI=1S/C18H21N3O2S/c1-3-12-20(13-15-6-4-14(2)5-7-15)18(24)19-16-8-10-17(11-9-16)21(22)23/h4-11H,3,12-13H2,1-2H3,(H,19,24). The van der Waals surface area contributed by atoms with E-state index in [4.69, 9.17) is 12.2 Å². The summed E-state index contributed by atoms with van der Waals surface area (Å²) in [5, 5.41) is 14.5. The predicted octanol–water partition coefficient (Wildman–Crippen LogP) is 4.51. The van der Waals surface area contributed by atoms with E-state index >= 15 is 0 Å². The summed E-state index contributed by atoms with van der Waals surface area (Å²) in [6.45, 7) is 5.74. The zero-order chi connectivity index (χ0) is 17.5. The second-order valence-corrected chi connectivity index (χ2v) is 6.03. The summed E-state index contributed by atoms with van der Waals surface area (Å²) in [7, 11) is 0. The highest BCUT2D eigenvalue weighted by Gasteiger charge is 2.11. The van der Waals surface area contributed by atoms with Crippen molar-refractivity contribution in [1.82, 2.24) is 4.90 Å². The molecule has 0 spiro atoms. The Labute approximate surface area is 147 Å². The van der Waals surface area contributed by atoms with Crippen LogP contribution in [0.5, 0.6) is 0 Å². The van der Waals surface area contributed by atoms with E-state index in [1.807, 2.05) is 0 Å². The van der Waals surface area contributed by atoms with Crippen molar-refractivity contribution < 1.29 is 4.92 Å². The topological polar surface area (TPSA) is 58.4 Å². The van der Waals surface area contributed by atoms with Crippen molar-refractivity contribution in [1.29, 1.82) is 0 Å². The van der Waals surface area contributed by atoms with E-state index in [1.54, 1.807) is 12.1 Å². The highest BCUT2D eigenvalue weighted by molar-refractivity contribution is 7.80. The third-order valence-corrected chi connectivity index (χ3v) is 3.96. The molecule has 5 nitrogen and oxygen atoms in total. The molecule has 0 amide bonds. The first-order valence-electron chi connectivity index (χ1n) is 7.85. The Kier molecular flexibility index (Phi) is 6.26. The number of anilines is 1. The van der Waals surface area contributed by atoms with Gasteiger partial charge in [-0.15, -0.1) is 0 Å². The number of non-ortho nitro benzene ring substituents is 1. The van der Waals surface area contributed by atoms with E-state index in [0.717, 1.165) is 25.2 Å². The molecule has 0 aliphatic carbocycles. The van der Waals surface area contributed by atoms with Gasteiger partial charge in [-0.05, 0) is 43.3 Å². The van der Waals surface area contributed by atoms with Crippen LogP contribution in [0.1, 0.15) is 24.5 Å². The maximum absolute atomic E-state index is 10.7. The Hall–Kier alpha value is -2.47. The lowest BCUT2D eigenvalue weighted by atomic mass is 10.1. The molecular formula is C18H21N3O2S. The van der Waals surface area contributed by atoms with Crippen LogP contribution in [0.4, 0.5) is 11.4 Å². The van der Waals surface area contributed by atoms with Crippen LogP contribution in [-0.2, 0) is 6.54 Å². The molecule has 0 aliphatic rings. The molecule has 2 rings (SSSR count). The Morgan fingerprint density at radius 2 is 1.79 bits per heavy atom. The molecule has 0 saturated heterocycles. The van der Waals surface area contributed by atoms with Gasteiger partial charge >= 0.3 is 0 Å². The van der Waals surface area contributed by atoms with Gasteiger partial charge in [0, 0.05) is 30.9 Å². The van der Waals surface area contributed by atoms with Gasteiger partial charge in [-0.3, -0.25) is 10.1 Å². The largest absolute Gasteiger partial charge is 0.345 e. The number of rotatable bonds is 6. The molecule has 0 unspecified atom stereocenters. The van der Waals surface area contributed by atoms with Crippen LogP contribution in [0.2, 0.25) is 0 Å². The highest BCUT2D eigenvalue weighted by Crippen LogP contribution is 2.16. The third-order valence-electron chi connectivity index (χ3n) is 3.60. The minimum absolute atomic E-state index is 0.0662. The molecule has 0 radical (unpaired) electrons. The molecule has 24 heavy (non-hydrogen) atoms. The summed E-state index contributed by atoms with van der Waals surface area (Å²) in [6.07, 6.45) is 0.980. The van der Waals surface area contributed by atoms with Crippen molar-refractivity contribution in [2.75, 3.05) is 11.9 Å². The second-order valence-electron chi connectivity index (χ2n) is 5.64. The molecule has 6 heteroatoms. The van der Waals surface area contributed by atoms with E-state index in [2.05, 4.69) is 48.3 Å². The minimum Gasteiger partial charge on any atom is -0.345 e. The second kappa shape index (κ2) is 8.40. The summed E-state index contributed by atoms with van der Waals surface area (Å²) >= 11 is 5.51. The van der Waals surface area contributed by atoms with Crippen molar-refractivity contribution in [3.8, 4) is 0 Å². The monoisotopic (exact) mass is 343 g/mol. The number of nitrogens with zero attached hydrogens (tertiary/aromatic N) is 2. The molecule has 2 aromatic rings. The minimum atomic E-state index is -0.414. The number of hydrogen-bond acceptors (Lipinski definition) is 3. The van der Waals surface area contributed by atoms with Crippen molar-refractivity contribution in [2.45, 2.75) is 26.8 Å². The molecule has 2 aromatic carbocycles. The Balaban J connectivity index is 2.05. The van der Waals surface area contributed by atoms with Crippen LogP contribution in [-0.4, -0.2) is 21.5 Å². The molecular weight excluding hydrogens is 322 g/mol. The molecule has 0 bridgehead atoms. The van der Waals surface area contributed by atoms with Crippen LogP contribution in [0, 0.1) is 17.0 Å². The first kappa shape index (κ1) is 17.9. The maximum Gasteiger partial charge on any atom is 0.269 e. The van der Waals surface area contributed by atoms with Gasteiger partial charge in [-0.2, -0.15) is 0 Å². The lowest BCUT2D eigenvalue weighted by molar-refractivity contribution is -0.384. The van der Waals surface area contributed by atoms with Crippen LogP contribution in [0.25, 0.3) is 0 Å². The molecule has 126 valence electrons. The molecule has 0 aromatic heterocycles. The average Bonchev–Trinajstić information content (AvgIpc) is 2.57. The number of aryl methyl sites for hydroxylation is 1. The summed E-state index contributed by atoms with van der Waals surface area (Å²) in [4.78, 5) is 12.4. The van der Waals surface area contributed by atoms with Crippen molar-refractivity contribution in [2.24, 2.45) is 0 Å². The SMILES string of the molecule is CCCN(Cc1ccc(C)cc1)C(=S)Nc1ccc([N+](=O)[O-])cc1. The van der Waals surface area contributed by atoms with Crippen LogP contribution in [0.15, 0.2) is 48.5 Å². The fourth-order valence-corrected chi connectivity index (χ4v) is 2.58. The van der Waals surface area contributed by atoms with Gasteiger partial charge in [0.05, 0.1) is 4.92 Å². The summed E-state index contributed by atoms with van der Waals surface area (Å²) in [5.74, 6) is 0. The number of nitrogens with one attached hydrogen (secondary N) is 1. The van der Waals surface area contributed by atoms with E-state index in [-0.39, 0.29) is 5.69 Å². The van der Waals surface area contributed by atoms with E-state index < -0.39 is 4.92 Å². The smallest absolute Gasteiger partial charge is 0.269 e. The number of nitro benzene ring substituents is 1. The fraction of sp³-hybridized carbons (Fsp3) is 0.278. The molecule has 0 heterocycles. The highest BCUT2D eigenvalue weighted by atomic mass is 32.1. The van der Waals surface area contributed by atoms with Gasteiger partial charge in [0.25, 0.3) is 5.69 Å². The maximum atomic E-state index is 10.7. The van der Waals surface area contributed by atoms with Crippen LogP contribution in [0.3, 0.4) is 0 Å². The number of nitro groups is 1. The fourth-order valence-electron chi connectivity index (χ4n) is 2.31. The van der Waals surface area contributed by atoms with Crippen molar-refractivity contribution in [3.05, 3.63) is 69.8 Å². The quantitative estimate of drug-likeness (QED) is 0.475. The van der Waals surface area contributed by atoms with Gasteiger partial charge in [-0.25, -0.2) is 0 Å². The lowest BCUT2D eigenvalue weighted by Gasteiger charge is -2.25. The summed E-state index contributed by atoms with van der Waals surface area (Å²) in [6, 6.07) is 14.7. The lowest BCUT2D eigenvalue weighted by Crippen LogP contribution is -2.34. The van der Waals surface area contributed by atoms with Gasteiger partial charge in [0.15, 0.2) is 5.11 Å². The first-order chi connectivity index (χ1) is 11.5. The van der Waals surface area contributed by atoms with Gasteiger partial charge in [0.1, 0.15) is 0 Å². The van der Waals surface area contributed by atoms with Crippen molar-refractivity contribution >= 4 is 28.7 Å². The number of hydrogen-bond donors (Lipinski definition) is 1. The Bertz CT molecular complexity index is 699. The summed E-state index contributed by atoms with van der Waals surface area (Å²) < 4.78 is 0. The van der Waals surface area contributed by atoms with Crippen LogP contribution < -0.4 is 5.32 Å². The van der Waals surface area contributed by atoms with Crippen LogP contribution >= 0.6 is 12.2 Å². The predicted molar refractivity (Wildman–Crippen MR) is 101 cm³/mol. The zero-order valence-electron chi connectivity index (χ0n) is 13.9. The normalized spacial score (nSPS) is 10.2. The zero-order valence-corrected chi connectivity index (χ0v) is 14.7. The number of benzene rings is 2. The molecule has 0 atom stereocenters. The first-order valence-corrected chi connectivity index (χ1v) is 8.26. The number of thiocarbonyl (C=S) groups is 1. The average molecular weight is 343 g/mol. The molecule has 0 fully saturated rings. The van der Waals surface area contributed by atoms with Gasteiger partial charge in [-0.1, -0.05) is 36.8 Å². The van der Waals surface area contributed by atoms with Gasteiger partial charge < -0.3 is 10.2 Å². The van der Waals surface area contributed by atoms with Crippen molar-refractivity contribution in [3.63, 3.8) is 0 Å². The van der Waals surface area contributed by atoms with E-state index in [1.165, 1.54) is 23.3 Å². The Morgan fingerprint density at radius 1 is 1.17 bits per heavy atom. The molecule has 0 saturated carbocycles. The van der Waals surface area contributed by atoms with E-state index in [0.29, 0.717) is 5.11 Å². The third kappa shape index (κ3) is 5.03. The molecule has 0 aliphatic heterocycles. The summed E-state index contributed by atoms with van der Waals surface area (Å²) in [5.41, 5.74) is 3.24. The Morgan fingerprint density at radius 3 is 2.33 bits per heavy atom.